The zero-order valence-corrected chi connectivity index (χ0v) is 43.1. The third-order valence-electron chi connectivity index (χ3n) is 10.7. The normalized spacial score (nSPS) is 22.3. The first-order chi connectivity index (χ1) is 33.5. The summed E-state index contributed by atoms with van der Waals surface area (Å²) in [5.74, 6) is -1.36. The predicted octanol–water partition coefficient (Wildman–Crippen LogP) is 8.92. The first-order valence-electron chi connectivity index (χ1n) is 24.9. The van der Waals surface area contributed by atoms with Crippen LogP contribution in [0.5, 0.6) is 0 Å². The number of unbranched alkanes of at least 4 members (excludes halogenated alkanes) is 10. The van der Waals surface area contributed by atoms with Crippen molar-refractivity contribution in [2.24, 2.45) is 0 Å². The van der Waals surface area contributed by atoms with E-state index < -0.39 is 89.6 Å². The van der Waals surface area contributed by atoms with Crippen molar-refractivity contribution in [2.75, 3.05) is 13.2 Å². The maximum Gasteiger partial charge on any atom is 0.472 e. The van der Waals surface area contributed by atoms with Gasteiger partial charge in [-0.25, -0.2) is 9.13 Å². The Morgan fingerprint density at radius 1 is 0.543 bits per heavy atom. The molecular weight excluding hydrogens is 946 g/mol. The molecule has 1 aliphatic rings. The summed E-state index contributed by atoms with van der Waals surface area (Å²) in [6.07, 6.45) is 33.7. The van der Waals surface area contributed by atoms with E-state index in [-0.39, 0.29) is 12.8 Å². The Hall–Kier alpha value is -3.12. The molecule has 400 valence electrons. The van der Waals surface area contributed by atoms with Gasteiger partial charge in [-0.1, -0.05) is 150 Å². The smallest absolute Gasteiger partial charge is 0.462 e. The molecule has 19 heteroatoms. The molecule has 17 nitrogen and oxygen atoms in total. The van der Waals surface area contributed by atoms with Crippen LogP contribution in [0, 0.1) is 0 Å². The number of aliphatic hydroxyl groups is 5. The van der Waals surface area contributed by atoms with E-state index in [4.69, 9.17) is 18.5 Å². The average molecular weight is 1030 g/mol. The third kappa shape index (κ3) is 34.3. The van der Waals surface area contributed by atoms with Gasteiger partial charge in [-0.2, -0.15) is 0 Å². The fourth-order valence-electron chi connectivity index (χ4n) is 6.85. The first kappa shape index (κ1) is 64.9. The van der Waals surface area contributed by atoms with Gasteiger partial charge in [0.1, 0.15) is 43.2 Å². The molecule has 70 heavy (non-hydrogen) atoms. The van der Waals surface area contributed by atoms with E-state index in [0.29, 0.717) is 25.7 Å². The molecule has 0 spiro atoms. The van der Waals surface area contributed by atoms with Crippen LogP contribution < -0.4 is 0 Å². The number of carbonyl (C=O) groups excluding carboxylic acids is 2. The summed E-state index contributed by atoms with van der Waals surface area (Å²) in [6, 6.07) is 0. The number of rotatable bonds is 40. The molecule has 6 unspecified atom stereocenters. The van der Waals surface area contributed by atoms with Gasteiger partial charge >= 0.3 is 27.6 Å². The average Bonchev–Trinajstić information content (AvgIpc) is 3.31. The molecule has 1 aliphatic carbocycles. The standard InChI is InChI=1S/C51H84O17P2/c1-3-5-7-9-11-13-14-15-16-17-18-19-20-21-22-24-26-30-35-39-45(54)66-43(41-65-70(62,63)68-51-48(57)46(55)47(56)50(49(51)58)67-69(59,60)61)40-64-44(53)38-34-31-27-29-33-37-42(52)36-32-28-25-23-12-10-8-6-4-2/h5,7,11-13,15-16,18-19,23,27-29,32-33,37,42-43,46-52,55-58H,3-4,6,8-10,14,17,20-22,24-26,30-31,34-36,38-41H2,1-2H3,(H,62,63)(H2,59,60,61)/b7-5-,13-11-,16-15-,19-18-,23-12-,29-27+,32-28-,37-33-/t42?,43-,46?,47?,48?,49?,50-,51+/m1/s1. The summed E-state index contributed by atoms with van der Waals surface area (Å²) in [5.41, 5.74) is 0. The Balaban J connectivity index is 2.65. The second kappa shape index (κ2) is 40.4. The van der Waals surface area contributed by atoms with Gasteiger partial charge in [-0.05, 0) is 83.5 Å². The molecule has 0 saturated heterocycles. The van der Waals surface area contributed by atoms with Crippen molar-refractivity contribution in [3.8, 4) is 0 Å². The minimum atomic E-state index is -5.39. The van der Waals surface area contributed by atoms with Crippen LogP contribution in [0.15, 0.2) is 97.2 Å². The molecule has 0 aromatic heterocycles. The lowest BCUT2D eigenvalue weighted by Crippen LogP contribution is -2.64. The summed E-state index contributed by atoms with van der Waals surface area (Å²) in [7, 11) is -10.7. The van der Waals surface area contributed by atoms with Gasteiger partial charge in [0.05, 0.1) is 12.7 Å². The van der Waals surface area contributed by atoms with Crippen LogP contribution in [0.3, 0.4) is 0 Å². The fraction of sp³-hybridized carbons (Fsp3) is 0.647. The highest BCUT2D eigenvalue weighted by Gasteiger charge is 2.54. The van der Waals surface area contributed by atoms with Crippen LogP contribution in [0.2, 0.25) is 0 Å². The van der Waals surface area contributed by atoms with Crippen LogP contribution in [0.1, 0.15) is 149 Å². The number of phosphoric acid groups is 2. The highest BCUT2D eigenvalue weighted by Crippen LogP contribution is 2.49. The van der Waals surface area contributed by atoms with Gasteiger partial charge in [-0.3, -0.25) is 23.2 Å². The van der Waals surface area contributed by atoms with Crippen molar-refractivity contribution >= 4 is 27.6 Å². The lowest BCUT2D eigenvalue weighted by Gasteiger charge is -2.43. The Morgan fingerprint density at radius 2 is 1.06 bits per heavy atom. The Kier molecular flexibility index (Phi) is 37.4. The first-order valence-corrected chi connectivity index (χ1v) is 27.9. The lowest BCUT2D eigenvalue weighted by molar-refractivity contribution is -0.216. The molecule has 9 atom stereocenters. The topological polar surface area (TPSA) is 276 Å². The molecule has 0 aromatic carbocycles. The molecule has 0 bridgehead atoms. The van der Waals surface area contributed by atoms with Crippen molar-refractivity contribution in [3.63, 3.8) is 0 Å². The van der Waals surface area contributed by atoms with Crippen molar-refractivity contribution in [1.29, 1.82) is 0 Å². The maximum atomic E-state index is 13.0. The lowest BCUT2D eigenvalue weighted by atomic mass is 9.85. The number of esters is 2. The number of phosphoric ester groups is 2. The van der Waals surface area contributed by atoms with Crippen LogP contribution in [0.25, 0.3) is 0 Å². The van der Waals surface area contributed by atoms with Gasteiger partial charge in [-0.15, -0.1) is 0 Å². The maximum absolute atomic E-state index is 13.0. The molecule has 1 rings (SSSR count). The quantitative estimate of drug-likeness (QED) is 0.00935. The summed E-state index contributed by atoms with van der Waals surface area (Å²) in [4.78, 5) is 54.4. The Bertz CT molecular complexity index is 1730. The Morgan fingerprint density at radius 3 is 1.66 bits per heavy atom. The fourth-order valence-corrected chi connectivity index (χ4v) is 8.39. The van der Waals surface area contributed by atoms with E-state index in [1.807, 2.05) is 18.2 Å². The van der Waals surface area contributed by atoms with Crippen molar-refractivity contribution in [2.45, 2.75) is 198 Å². The van der Waals surface area contributed by atoms with Gasteiger partial charge < -0.3 is 49.7 Å². The second-order valence-corrected chi connectivity index (χ2v) is 19.6. The minimum absolute atomic E-state index is 0.00726. The number of hydrogen-bond acceptors (Lipinski definition) is 14. The van der Waals surface area contributed by atoms with Crippen LogP contribution in [0.4, 0.5) is 0 Å². The van der Waals surface area contributed by atoms with Gasteiger partial charge in [0.15, 0.2) is 6.10 Å². The van der Waals surface area contributed by atoms with E-state index in [1.165, 1.54) is 19.3 Å². The SMILES string of the molecule is CC/C=C\C/C=C\C/C=C\C/C=C\CCCCCCCCC(=O)O[C@H](COC(=O)CCC/C=C/C=C\C(O)C/C=C\C/C=C\CCCCC)COP(=O)(O)O[C@H]1C(O)C(O)C(O)[C@@H](OP(=O)(O)O)C1O. The van der Waals surface area contributed by atoms with E-state index in [2.05, 4.69) is 79.1 Å². The number of ether oxygens (including phenoxy) is 2. The van der Waals surface area contributed by atoms with Crippen molar-refractivity contribution in [3.05, 3.63) is 97.2 Å². The van der Waals surface area contributed by atoms with Gasteiger partial charge in [0.2, 0.25) is 0 Å². The van der Waals surface area contributed by atoms with Crippen LogP contribution in [-0.2, 0) is 41.8 Å². The van der Waals surface area contributed by atoms with Crippen LogP contribution in [-0.4, -0.2) is 114 Å². The summed E-state index contributed by atoms with van der Waals surface area (Å²) in [5, 5.41) is 51.5. The second-order valence-electron chi connectivity index (χ2n) is 17.0. The highest BCUT2D eigenvalue weighted by molar-refractivity contribution is 7.47. The number of allylic oxidation sites excluding steroid dienone is 14. The highest BCUT2D eigenvalue weighted by atomic mass is 31.2. The Labute approximate surface area is 416 Å². The molecule has 0 aliphatic heterocycles. The minimum Gasteiger partial charge on any atom is -0.462 e. The molecule has 1 saturated carbocycles. The molecule has 0 aromatic rings. The molecule has 0 amide bonds. The number of hydrogen-bond donors (Lipinski definition) is 8. The largest absolute Gasteiger partial charge is 0.472 e. The van der Waals surface area contributed by atoms with E-state index in [9.17, 15) is 58.9 Å². The van der Waals surface area contributed by atoms with Gasteiger partial charge in [0.25, 0.3) is 0 Å². The molecule has 0 radical (unpaired) electrons. The molecular formula is C51H84O17P2. The number of aliphatic hydroxyl groups excluding tert-OH is 5. The molecule has 0 heterocycles. The third-order valence-corrected chi connectivity index (χ3v) is 12.2. The number of carbonyl (C=O) groups is 2. The van der Waals surface area contributed by atoms with Crippen LogP contribution >= 0.6 is 15.6 Å². The van der Waals surface area contributed by atoms with Crippen molar-refractivity contribution in [1.82, 2.24) is 0 Å². The van der Waals surface area contributed by atoms with E-state index in [1.54, 1.807) is 18.2 Å². The molecule has 1 fully saturated rings. The monoisotopic (exact) mass is 1030 g/mol. The summed E-state index contributed by atoms with van der Waals surface area (Å²) >= 11 is 0. The predicted molar refractivity (Wildman–Crippen MR) is 270 cm³/mol. The zero-order valence-electron chi connectivity index (χ0n) is 41.3. The summed E-state index contributed by atoms with van der Waals surface area (Å²) in [6.45, 7) is 2.83. The van der Waals surface area contributed by atoms with Crippen molar-refractivity contribution < 1.29 is 82.0 Å². The van der Waals surface area contributed by atoms with E-state index in [0.717, 1.165) is 77.0 Å². The summed E-state index contributed by atoms with van der Waals surface area (Å²) < 4.78 is 49.3. The zero-order chi connectivity index (χ0) is 51.9. The van der Waals surface area contributed by atoms with E-state index >= 15 is 0 Å². The molecule has 8 N–H and O–H groups in total. The van der Waals surface area contributed by atoms with Gasteiger partial charge in [0, 0.05) is 12.8 Å².